The summed E-state index contributed by atoms with van der Waals surface area (Å²) in [4.78, 5) is 14.9. The molecule has 0 aliphatic carbocycles. The Labute approximate surface area is 148 Å². The SMILES string of the molecule is CC[C@H]1C=CCN1C(=O)c1cccc(-c2ccc(S(C)(=O)=O)cc2)c1. The predicted molar refractivity (Wildman–Crippen MR) is 99.2 cm³/mol. The normalized spacial score (nSPS) is 17.0. The summed E-state index contributed by atoms with van der Waals surface area (Å²) in [6.07, 6.45) is 6.19. The molecule has 0 aromatic heterocycles. The van der Waals surface area contributed by atoms with Crippen LogP contribution in [-0.4, -0.2) is 38.1 Å². The quantitative estimate of drug-likeness (QED) is 0.788. The van der Waals surface area contributed by atoms with Crippen molar-refractivity contribution >= 4 is 15.7 Å². The summed E-state index contributed by atoms with van der Waals surface area (Å²) >= 11 is 0. The minimum absolute atomic E-state index is 0.0199. The van der Waals surface area contributed by atoms with E-state index >= 15 is 0 Å². The molecule has 2 aromatic carbocycles. The molecule has 1 heterocycles. The minimum atomic E-state index is -3.21. The Bertz CT molecular complexity index is 914. The van der Waals surface area contributed by atoms with Crippen LogP contribution in [0.5, 0.6) is 0 Å². The number of benzene rings is 2. The molecule has 1 atom stereocenters. The fourth-order valence-electron chi connectivity index (χ4n) is 3.05. The van der Waals surface area contributed by atoms with Crippen LogP contribution >= 0.6 is 0 Å². The Morgan fingerprint density at radius 1 is 1.12 bits per heavy atom. The van der Waals surface area contributed by atoms with E-state index in [1.165, 1.54) is 6.26 Å². The van der Waals surface area contributed by atoms with Crippen LogP contribution < -0.4 is 0 Å². The number of hydrogen-bond acceptors (Lipinski definition) is 3. The molecule has 5 heteroatoms. The molecule has 1 amide bonds. The molecule has 1 aliphatic rings. The first-order valence-corrected chi connectivity index (χ1v) is 10.2. The second-order valence-electron chi connectivity index (χ2n) is 6.24. The summed E-state index contributed by atoms with van der Waals surface area (Å²) in [5.74, 6) is 0.0199. The van der Waals surface area contributed by atoms with Crippen molar-refractivity contribution < 1.29 is 13.2 Å². The van der Waals surface area contributed by atoms with E-state index in [1.807, 2.05) is 35.2 Å². The highest BCUT2D eigenvalue weighted by atomic mass is 32.2. The van der Waals surface area contributed by atoms with Gasteiger partial charge in [0.25, 0.3) is 5.91 Å². The monoisotopic (exact) mass is 355 g/mol. The third kappa shape index (κ3) is 3.66. The minimum Gasteiger partial charge on any atom is -0.329 e. The highest BCUT2D eigenvalue weighted by Crippen LogP contribution is 2.24. The first kappa shape index (κ1) is 17.4. The summed E-state index contributed by atoms with van der Waals surface area (Å²) in [6, 6.07) is 14.4. The average molecular weight is 355 g/mol. The molecular formula is C20H21NO3S. The molecule has 0 fully saturated rings. The van der Waals surface area contributed by atoms with Gasteiger partial charge in [0.15, 0.2) is 9.84 Å². The molecule has 1 aliphatic heterocycles. The van der Waals surface area contributed by atoms with E-state index in [4.69, 9.17) is 0 Å². The molecule has 4 nitrogen and oxygen atoms in total. The standard InChI is InChI=1S/C20H21NO3S/c1-3-18-8-5-13-21(18)20(22)17-7-4-6-16(14-17)15-9-11-19(12-10-15)25(2,23)24/h4-12,14,18H,3,13H2,1-2H3/t18-/m0/s1. The van der Waals surface area contributed by atoms with E-state index in [-0.39, 0.29) is 16.8 Å². The van der Waals surface area contributed by atoms with Gasteiger partial charge in [0.1, 0.15) is 0 Å². The molecule has 2 aromatic rings. The number of rotatable bonds is 4. The van der Waals surface area contributed by atoms with Crippen molar-refractivity contribution in [2.75, 3.05) is 12.8 Å². The lowest BCUT2D eigenvalue weighted by Crippen LogP contribution is -2.35. The molecule has 0 spiro atoms. The van der Waals surface area contributed by atoms with E-state index < -0.39 is 9.84 Å². The number of hydrogen-bond donors (Lipinski definition) is 0. The van der Waals surface area contributed by atoms with Crippen LogP contribution in [0.2, 0.25) is 0 Å². The lowest BCUT2D eigenvalue weighted by atomic mass is 10.0. The molecule has 0 radical (unpaired) electrons. The number of nitrogens with zero attached hydrogens (tertiary/aromatic N) is 1. The van der Waals surface area contributed by atoms with Gasteiger partial charge < -0.3 is 4.90 Å². The highest BCUT2D eigenvalue weighted by Gasteiger charge is 2.24. The van der Waals surface area contributed by atoms with E-state index in [0.717, 1.165) is 17.5 Å². The number of carbonyl (C=O) groups excluding carboxylic acids is 1. The zero-order valence-corrected chi connectivity index (χ0v) is 15.2. The summed E-state index contributed by atoms with van der Waals surface area (Å²) < 4.78 is 23.1. The molecular weight excluding hydrogens is 334 g/mol. The summed E-state index contributed by atoms with van der Waals surface area (Å²) in [6.45, 7) is 2.71. The molecule has 0 saturated carbocycles. The van der Waals surface area contributed by atoms with Gasteiger partial charge in [-0.3, -0.25) is 4.79 Å². The lowest BCUT2D eigenvalue weighted by Gasteiger charge is -2.23. The van der Waals surface area contributed by atoms with Crippen molar-refractivity contribution in [3.63, 3.8) is 0 Å². The summed E-state index contributed by atoms with van der Waals surface area (Å²) in [5, 5.41) is 0. The molecule has 0 saturated heterocycles. The van der Waals surface area contributed by atoms with E-state index in [9.17, 15) is 13.2 Å². The van der Waals surface area contributed by atoms with Crippen LogP contribution in [0.25, 0.3) is 11.1 Å². The molecule has 25 heavy (non-hydrogen) atoms. The second-order valence-corrected chi connectivity index (χ2v) is 8.25. The average Bonchev–Trinajstić information content (AvgIpc) is 3.09. The number of carbonyl (C=O) groups is 1. The molecule has 0 bridgehead atoms. The first-order chi connectivity index (χ1) is 11.9. The maximum Gasteiger partial charge on any atom is 0.254 e. The Morgan fingerprint density at radius 2 is 1.84 bits per heavy atom. The van der Waals surface area contributed by atoms with Crippen LogP contribution in [0.1, 0.15) is 23.7 Å². The van der Waals surface area contributed by atoms with E-state index in [1.54, 1.807) is 24.3 Å². The number of sulfone groups is 1. The van der Waals surface area contributed by atoms with Gasteiger partial charge in [0.05, 0.1) is 10.9 Å². The zero-order valence-electron chi connectivity index (χ0n) is 14.3. The fraction of sp³-hybridized carbons (Fsp3) is 0.250. The van der Waals surface area contributed by atoms with Crippen molar-refractivity contribution in [3.05, 3.63) is 66.2 Å². The Balaban J connectivity index is 1.88. The molecule has 130 valence electrons. The van der Waals surface area contributed by atoms with Gasteiger partial charge in [-0.25, -0.2) is 8.42 Å². The van der Waals surface area contributed by atoms with Gasteiger partial charge >= 0.3 is 0 Å². The smallest absolute Gasteiger partial charge is 0.254 e. The van der Waals surface area contributed by atoms with Gasteiger partial charge in [-0.05, 0) is 41.8 Å². The summed E-state index contributed by atoms with van der Waals surface area (Å²) in [5.41, 5.74) is 2.42. The Hall–Kier alpha value is -2.40. The van der Waals surface area contributed by atoms with Gasteiger partial charge in [0, 0.05) is 18.4 Å². The predicted octanol–water partition coefficient (Wildman–Crippen LogP) is 3.55. The van der Waals surface area contributed by atoms with Crippen LogP contribution in [-0.2, 0) is 9.84 Å². The van der Waals surface area contributed by atoms with Crippen molar-refractivity contribution in [2.24, 2.45) is 0 Å². The third-order valence-corrected chi connectivity index (χ3v) is 5.59. The maximum absolute atomic E-state index is 12.8. The zero-order chi connectivity index (χ0) is 18.0. The topological polar surface area (TPSA) is 54.5 Å². The number of amides is 1. The maximum atomic E-state index is 12.8. The Kier molecular flexibility index (Phi) is 4.77. The lowest BCUT2D eigenvalue weighted by molar-refractivity contribution is 0.0747. The van der Waals surface area contributed by atoms with Gasteiger partial charge in [-0.15, -0.1) is 0 Å². The van der Waals surface area contributed by atoms with Crippen LogP contribution in [0.3, 0.4) is 0 Å². The van der Waals surface area contributed by atoms with Crippen molar-refractivity contribution in [1.82, 2.24) is 4.90 Å². The van der Waals surface area contributed by atoms with Gasteiger partial charge in [-0.1, -0.05) is 43.3 Å². The van der Waals surface area contributed by atoms with Crippen molar-refractivity contribution in [3.8, 4) is 11.1 Å². The molecule has 3 rings (SSSR count). The van der Waals surface area contributed by atoms with Crippen LogP contribution in [0, 0.1) is 0 Å². The third-order valence-electron chi connectivity index (χ3n) is 4.47. The van der Waals surface area contributed by atoms with Crippen molar-refractivity contribution in [1.29, 1.82) is 0 Å². The largest absolute Gasteiger partial charge is 0.329 e. The Morgan fingerprint density at radius 3 is 2.48 bits per heavy atom. The first-order valence-electron chi connectivity index (χ1n) is 8.28. The highest BCUT2D eigenvalue weighted by molar-refractivity contribution is 7.90. The summed E-state index contributed by atoms with van der Waals surface area (Å²) in [7, 11) is -3.21. The molecule has 0 N–H and O–H groups in total. The second kappa shape index (κ2) is 6.84. The van der Waals surface area contributed by atoms with Gasteiger partial charge in [-0.2, -0.15) is 0 Å². The molecule has 0 unspecified atom stereocenters. The van der Waals surface area contributed by atoms with Crippen LogP contribution in [0.4, 0.5) is 0 Å². The fourth-order valence-corrected chi connectivity index (χ4v) is 3.68. The van der Waals surface area contributed by atoms with Crippen LogP contribution in [0.15, 0.2) is 65.6 Å². The van der Waals surface area contributed by atoms with Crippen molar-refractivity contribution in [2.45, 2.75) is 24.3 Å². The van der Waals surface area contributed by atoms with Gasteiger partial charge in [0.2, 0.25) is 0 Å². The van der Waals surface area contributed by atoms with E-state index in [2.05, 4.69) is 13.0 Å². The van der Waals surface area contributed by atoms with E-state index in [0.29, 0.717) is 12.1 Å².